The summed E-state index contributed by atoms with van der Waals surface area (Å²) in [5.41, 5.74) is -2.38. The van der Waals surface area contributed by atoms with Crippen molar-refractivity contribution in [3.05, 3.63) is 23.3 Å². The number of hydrogen-bond acceptors (Lipinski definition) is 4. The van der Waals surface area contributed by atoms with Crippen LogP contribution in [0.2, 0.25) is 0 Å². The standard InChI is InChI=1S/C13H12F3NO3/c14-13(15,16)9-4-3-8(10(19)11(9)20)12(17-7-18)5-1-2-6-12/h3-4,19-20H,1-2,5-6H2. The number of hydrogen-bond donors (Lipinski definition) is 2. The Morgan fingerprint density at radius 2 is 1.75 bits per heavy atom. The quantitative estimate of drug-likeness (QED) is 0.498. The maximum atomic E-state index is 12.6. The number of aromatic hydroxyl groups is 2. The van der Waals surface area contributed by atoms with E-state index in [1.54, 1.807) is 0 Å². The monoisotopic (exact) mass is 287 g/mol. The smallest absolute Gasteiger partial charge is 0.420 e. The highest BCUT2D eigenvalue weighted by molar-refractivity contribution is 5.55. The Morgan fingerprint density at radius 1 is 1.15 bits per heavy atom. The molecule has 0 spiro atoms. The molecule has 0 aromatic heterocycles. The molecule has 0 aliphatic heterocycles. The predicted octanol–water partition coefficient (Wildman–Crippen LogP) is 3.22. The van der Waals surface area contributed by atoms with E-state index in [0.717, 1.165) is 18.9 Å². The van der Waals surface area contributed by atoms with Crippen molar-refractivity contribution in [2.45, 2.75) is 37.4 Å². The van der Waals surface area contributed by atoms with Crippen LogP contribution in [0.15, 0.2) is 17.1 Å². The summed E-state index contributed by atoms with van der Waals surface area (Å²) in [6, 6.07) is 1.74. The first kappa shape index (κ1) is 14.4. The fourth-order valence-electron chi connectivity index (χ4n) is 2.67. The SMILES string of the molecule is O=C=NC1(c2ccc(C(F)(F)F)c(O)c2O)CCCC1. The Morgan fingerprint density at radius 3 is 2.25 bits per heavy atom. The lowest BCUT2D eigenvalue weighted by atomic mass is 9.87. The highest BCUT2D eigenvalue weighted by Gasteiger charge is 2.41. The van der Waals surface area contributed by atoms with Gasteiger partial charge in [-0.05, 0) is 18.9 Å². The van der Waals surface area contributed by atoms with Crippen molar-refractivity contribution in [2.24, 2.45) is 4.99 Å². The Kier molecular flexibility index (Phi) is 3.48. The molecular formula is C13H12F3NO3. The first-order valence-corrected chi connectivity index (χ1v) is 6.03. The predicted molar refractivity (Wildman–Crippen MR) is 63.0 cm³/mol. The molecule has 4 nitrogen and oxygen atoms in total. The van der Waals surface area contributed by atoms with Gasteiger partial charge in [-0.2, -0.15) is 18.2 Å². The molecule has 1 aliphatic rings. The number of carbonyl (C=O) groups excluding carboxylic acids is 1. The van der Waals surface area contributed by atoms with E-state index in [4.69, 9.17) is 0 Å². The van der Waals surface area contributed by atoms with Crippen LogP contribution in [0.3, 0.4) is 0 Å². The Bertz CT molecular complexity index is 571. The summed E-state index contributed by atoms with van der Waals surface area (Å²) in [5, 5.41) is 19.4. The minimum absolute atomic E-state index is 0.0313. The number of phenolic OH excluding ortho intramolecular Hbond substituents is 2. The van der Waals surface area contributed by atoms with E-state index >= 15 is 0 Å². The molecule has 2 rings (SSSR count). The van der Waals surface area contributed by atoms with Crippen LogP contribution in [0.4, 0.5) is 13.2 Å². The van der Waals surface area contributed by atoms with Crippen molar-refractivity contribution < 1.29 is 28.2 Å². The van der Waals surface area contributed by atoms with Crippen molar-refractivity contribution in [1.82, 2.24) is 0 Å². The normalized spacial score (nSPS) is 17.8. The average molecular weight is 287 g/mol. The van der Waals surface area contributed by atoms with Gasteiger partial charge in [0.2, 0.25) is 6.08 Å². The van der Waals surface area contributed by atoms with Gasteiger partial charge < -0.3 is 10.2 Å². The number of aliphatic imine (C=N–C) groups is 1. The summed E-state index contributed by atoms with van der Waals surface area (Å²) in [4.78, 5) is 14.2. The van der Waals surface area contributed by atoms with E-state index in [9.17, 15) is 28.2 Å². The molecule has 0 radical (unpaired) electrons. The van der Waals surface area contributed by atoms with E-state index in [0.29, 0.717) is 18.9 Å². The van der Waals surface area contributed by atoms with Crippen LogP contribution in [-0.2, 0) is 16.5 Å². The molecule has 20 heavy (non-hydrogen) atoms. The van der Waals surface area contributed by atoms with Gasteiger partial charge in [0.15, 0.2) is 11.5 Å². The van der Waals surface area contributed by atoms with Gasteiger partial charge in [-0.15, -0.1) is 0 Å². The van der Waals surface area contributed by atoms with Gasteiger partial charge in [-0.1, -0.05) is 18.9 Å². The van der Waals surface area contributed by atoms with Crippen molar-refractivity contribution in [1.29, 1.82) is 0 Å². The molecule has 0 unspecified atom stereocenters. The van der Waals surface area contributed by atoms with E-state index < -0.39 is 28.8 Å². The zero-order valence-electron chi connectivity index (χ0n) is 10.4. The minimum atomic E-state index is -4.77. The zero-order chi connectivity index (χ0) is 15.0. The summed E-state index contributed by atoms with van der Waals surface area (Å²) in [7, 11) is 0. The minimum Gasteiger partial charge on any atom is -0.504 e. The topological polar surface area (TPSA) is 69.9 Å². The molecule has 1 saturated carbocycles. The number of alkyl halides is 3. The molecule has 2 N–H and O–H groups in total. The van der Waals surface area contributed by atoms with E-state index in [1.165, 1.54) is 6.08 Å². The molecule has 7 heteroatoms. The number of rotatable bonds is 2. The average Bonchev–Trinajstić information content (AvgIpc) is 2.81. The fourth-order valence-corrected chi connectivity index (χ4v) is 2.67. The third-order valence-corrected chi connectivity index (χ3v) is 3.65. The third kappa shape index (κ3) is 2.25. The van der Waals surface area contributed by atoms with Crippen LogP contribution in [0, 0.1) is 0 Å². The van der Waals surface area contributed by atoms with Gasteiger partial charge in [0, 0.05) is 5.56 Å². The van der Waals surface area contributed by atoms with Gasteiger partial charge in [0.25, 0.3) is 0 Å². The van der Waals surface area contributed by atoms with Crippen LogP contribution in [0.25, 0.3) is 0 Å². The van der Waals surface area contributed by atoms with Crippen LogP contribution >= 0.6 is 0 Å². The van der Waals surface area contributed by atoms with Gasteiger partial charge >= 0.3 is 6.18 Å². The second kappa shape index (κ2) is 4.83. The van der Waals surface area contributed by atoms with Crippen LogP contribution in [0.1, 0.15) is 36.8 Å². The molecule has 1 aromatic rings. The fraction of sp³-hybridized carbons (Fsp3) is 0.462. The van der Waals surface area contributed by atoms with Crippen molar-refractivity contribution in [2.75, 3.05) is 0 Å². The van der Waals surface area contributed by atoms with Crippen molar-refractivity contribution >= 4 is 6.08 Å². The molecule has 0 atom stereocenters. The summed E-state index contributed by atoms with van der Waals surface area (Å²) in [6.45, 7) is 0. The molecule has 0 bridgehead atoms. The molecule has 0 saturated heterocycles. The summed E-state index contributed by atoms with van der Waals surface area (Å²) >= 11 is 0. The van der Waals surface area contributed by atoms with Crippen LogP contribution < -0.4 is 0 Å². The van der Waals surface area contributed by atoms with E-state index in [2.05, 4.69) is 4.99 Å². The lowest BCUT2D eigenvalue weighted by Crippen LogP contribution is -2.19. The van der Waals surface area contributed by atoms with Crippen LogP contribution in [0.5, 0.6) is 11.5 Å². The second-order valence-electron chi connectivity index (χ2n) is 4.80. The molecular weight excluding hydrogens is 275 g/mol. The van der Waals surface area contributed by atoms with Gasteiger partial charge in [-0.3, -0.25) is 0 Å². The van der Waals surface area contributed by atoms with Gasteiger partial charge in [0.1, 0.15) is 11.1 Å². The highest BCUT2D eigenvalue weighted by atomic mass is 19.4. The van der Waals surface area contributed by atoms with Crippen molar-refractivity contribution in [3.8, 4) is 11.5 Å². The lowest BCUT2D eigenvalue weighted by molar-refractivity contribution is -0.138. The van der Waals surface area contributed by atoms with E-state index in [1.807, 2.05) is 0 Å². The molecule has 1 aliphatic carbocycles. The third-order valence-electron chi connectivity index (χ3n) is 3.65. The molecule has 0 heterocycles. The summed E-state index contributed by atoms with van der Waals surface area (Å²) in [5.74, 6) is -2.11. The van der Waals surface area contributed by atoms with Gasteiger partial charge in [0.05, 0.1) is 0 Å². The first-order valence-electron chi connectivity index (χ1n) is 6.03. The molecule has 1 fully saturated rings. The second-order valence-corrected chi connectivity index (χ2v) is 4.80. The Labute approximate surface area is 112 Å². The molecule has 0 amide bonds. The summed E-state index contributed by atoms with van der Waals surface area (Å²) < 4.78 is 37.9. The van der Waals surface area contributed by atoms with Gasteiger partial charge in [-0.25, -0.2) is 4.79 Å². The summed E-state index contributed by atoms with van der Waals surface area (Å²) in [6.07, 6.45) is -1.07. The first-order chi connectivity index (χ1) is 9.32. The largest absolute Gasteiger partial charge is 0.504 e. The molecule has 108 valence electrons. The lowest BCUT2D eigenvalue weighted by Gasteiger charge is -2.25. The maximum absolute atomic E-state index is 12.6. The number of isocyanates is 1. The number of halogens is 3. The number of phenols is 2. The van der Waals surface area contributed by atoms with E-state index in [-0.39, 0.29) is 5.56 Å². The Hall–Kier alpha value is -2.01. The maximum Gasteiger partial charge on any atom is 0.420 e. The highest BCUT2D eigenvalue weighted by Crippen LogP contribution is 2.50. The van der Waals surface area contributed by atoms with Crippen LogP contribution in [-0.4, -0.2) is 16.3 Å². The molecule has 1 aromatic carbocycles. The zero-order valence-corrected chi connectivity index (χ0v) is 10.4. The number of benzene rings is 1. The van der Waals surface area contributed by atoms with Crippen molar-refractivity contribution in [3.63, 3.8) is 0 Å². The Balaban J connectivity index is 2.59. The number of nitrogens with zero attached hydrogens (tertiary/aromatic N) is 1.